The molecule has 1 fully saturated rings. The minimum absolute atomic E-state index is 0.0128. The van der Waals surface area contributed by atoms with Crippen molar-refractivity contribution < 1.29 is 23.0 Å². The number of nitrogens with zero attached hydrogens (tertiary/aromatic N) is 2. The lowest BCUT2D eigenvalue weighted by atomic mass is 10.3. The van der Waals surface area contributed by atoms with Crippen molar-refractivity contribution in [1.29, 1.82) is 0 Å². The maximum Gasteiger partial charge on any atom is 0.423 e. The van der Waals surface area contributed by atoms with Crippen LogP contribution in [-0.2, 0) is 6.18 Å². The number of hydrogen-bond acceptors (Lipinski definition) is 6. The summed E-state index contributed by atoms with van der Waals surface area (Å²) in [4.78, 5) is 8.67. The topological polar surface area (TPSA) is 67.3 Å². The molecular formula is C17H18F3N3O2S. The van der Waals surface area contributed by atoms with Gasteiger partial charge in [-0.15, -0.1) is 11.8 Å². The molecule has 0 radical (unpaired) electrons. The van der Waals surface area contributed by atoms with Crippen LogP contribution in [0.4, 0.5) is 24.8 Å². The molecular weight excluding hydrogens is 367 g/mol. The first-order chi connectivity index (χ1) is 12.3. The van der Waals surface area contributed by atoms with E-state index in [1.54, 1.807) is 0 Å². The number of ether oxygens (including phenoxy) is 1. The number of halogens is 3. The summed E-state index contributed by atoms with van der Waals surface area (Å²) in [5.41, 5.74) is -0.425. The third kappa shape index (κ3) is 5.25. The smallest absolute Gasteiger partial charge is 0.423 e. The molecule has 1 aliphatic rings. The van der Waals surface area contributed by atoms with Crippen LogP contribution in [0.5, 0.6) is 5.88 Å². The van der Waals surface area contributed by atoms with E-state index in [0.29, 0.717) is 17.1 Å². The van der Waals surface area contributed by atoms with Crippen LogP contribution in [0, 0.1) is 0 Å². The number of rotatable bonds is 7. The zero-order valence-corrected chi connectivity index (χ0v) is 14.8. The number of aliphatic hydroxyl groups is 1. The number of anilines is 2. The second kappa shape index (κ2) is 7.71. The van der Waals surface area contributed by atoms with Crippen LogP contribution >= 0.6 is 11.8 Å². The van der Waals surface area contributed by atoms with Crippen molar-refractivity contribution >= 4 is 23.4 Å². The summed E-state index contributed by atoms with van der Waals surface area (Å²) < 4.78 is 44.1. The number of thioether (sulfide) groups is 1. The standard InChI is InChI=1S/C17H18F3N3O2S/c1-10(24)9-25-15-14(17(18,19)20)8-21-16(23-15)22-11-2-4-12(5-3-11)26-13-6-7-13/h2-5,8,10,13,24H,6-7,9H2,1H3,(H,21,22,23). The zero-order chi connectivity index (χ0) is 18.7. The van der Waals surface area contributed by atoms with Crippen LogP contribution in [-0.4, -0.2) is 33.0 Å². The van der Waals surface area contributed by atoms with Gasteiger partial charge in [-0.3, -0.25) is 0 Å². The van der Waals surface area contributed by atoms with Crippen LogP contribution in [0.2, 0.25) is 0 Å². The van der Waals surface area contributed by atoms with Gasteiger partial charge in [-0.1, -0.05) is 0 Å². The van der Waals surface area contributed by atoms with Crippen molar-refractivity contribution in [3.63, 3.8) is 0 Å². The van der Waals surface area contributed by atoms with Gasteiger partial charge in [-0.25, -0.2) is 4.98 Å². The lowest BCUT2D eigenvalue weighted by Gasteiger charge is -2.15. The third-order valence-corrected chi connectivity index (χ3v) is 4.81. The van der Waals surface area contributed by atoms with E-state index in [0.717, 1.165) is 4.90 Å². The molecule has 5 nitrogen and oxygen atoms in total. The number of aromatic nitrogens is 2. The molecule has 2 aromatic rings. The lowest BCUT2D eigenvalue weighted by molar-refractivity contribution is -0.139. The fraction of sp³-hybridized carbons (Fsp3) is 0.412. The number of alkyl halides is 3. The quantitative estimate of drug-likeness (QED) is 0.743. The van der Waals surface area contributed by atoms with Crippen molar-refractivity contribution in [2.24, 2.45) is 0 Å². The van der Waals surface area contributed by atoms with Crippen molar-refractivity contribution in [2.45, 2.75) is 42.2 Å². The monoisotopic (exact) mass is 385 g/mol. The summed E-state index contributed by atoms with van der Waals surface area (Å²) in [5.74, 6) is -0.627. The Hall–Kier alpha value is -2.00. The molecule has 0 bridgehead atoms. The molecule has 140 valence electrons. The summed E-state index contributed by atoms with van der Waals surface area (Å²) in [6, 6.07) is 7.53. The maximum absolute atomic E-state index is 13.0. The van der Waals surface area contributed by atoms with Gasteiger partial charge >= 0.3 is 6.18 Å². The summed E-state index contributed by atoms with van der Waals surface area (Å²) in [6.45, 7) is 1.11. The first kappa shape index (κ1) is 18.8. The molecule has 1 atom stereocenters. The molecule has 3 rings (SSSR count). The number of aliphatic hydroxyl groups excluding tert-OH is 1. The highest BCUT2D eigenvalue weighted by atomic mass is 32.2. The lowest BCUT2D eigenvalue weighted by Crippen LogP contribution is -2.17. The van der Waals surface area contributed by atoms with Crippen LogP contribution in [0.25, 0.3) is 0 Å². The Bertz CT molecular complexity index is 750. The fourth-order valence-corrected chi connectivity index (χ4v) is 3.10. The molecule has 0 amide bonds. The van der Waals surface area contributed by atoms with Crippen molar-refractivity contribution in [3.8, 4) is 5.88 Å². The molecule has 1 heterocycles. The summed E-state index contributed by atoms with van der Waals surface area (Å²) in [6.07, 6.45) is -2.42. The van der Waals surface area contributed by atoms with Gasteiger partial charge in [0.2, 0.25) is 11.8 Å². The van der Waals surface area contributed by atoms with E-state index in [4.69, 9.17) is 4.74 Å². The Morgan fingerprint density at radius 3 is 2.58 bits per heavy atom. The van der Waals surface area contributed by atoms with Gasteiger partial charge in [-0.05, 0) is 44.0 Å². The Labute approximate surface area is 153 Å². The predicted molar refractivity (Wildman–Crippen MR) is 92.8 cm³/mol. The van der Waals surface area contributed by atoms with Crippen molar-refractivity contribution in [3.05, 3.63) is 36.0 Å². The van der Waals surface area contributed by atoms with Crippen molar-refractivity contribution in [1.82, 2.24) is 9.97 Å². The molecule has 1 aromatic carbocycles. The molecule has 0 spiro atoms. The fourth-order valence-electron chi connectivity index (χ4n) is 2.05. The molecule has 1 unspecified atom stereocenters. The van der Waals surface area contributed by atoms with E-state index in [9.17, 15) is 18.3 Å². The van der Waals surface area contributed by atoms with Crippen molar-refractivity contribution in [2.75, 3.05) is 11.9 Å². The predicted octanol–water partition coefficient (Wildman–Crippen LogP) is 4.25. The van der Waals surface area contributed by atoms with E-state index in [2.05, 4.69) is 15.3 Å². The number of hydrogen-bond donors (Lipinski definition) is 2. The summed E-state index contributed by atoms with van der Waals surface area (Å²) >= 11 is 1.81. The Morgan fingerprint density at radius 1 is 1.31 bits per heavy atom. The maximum atomic E-state index is 13.0. The van der Waals surface area contributed by atoms with Gasteiger partial charge < -0.3 is 15.2 Å². The van der Waals surface area contributed by atoms with Gasteiger partial charge in [-0.2, -0.15) is 18.2 Å². The molecule has 1 aliphatic carbocycles. The number of nitrogens with one attached hydrogen (secondary N) is 1. The van der Waals surface area contributed by atoms with E-state index in [1.807, 2.05) is 36.0 Å². The zero-order valence-electron chi connectivity index (χ0n) is 14.0. The van der Waals surface area contributed by atoms with Crippen LogP contribution in [0.1, 0.15) is 25.3 Å². The Balaban J connectivity index is 1.75. The van der Waals surface area contributed by atoms with Gasteiger partial charge in [0, 0.05) is 22.0 Å². The summed E-state index contributed by atoms with van der Waals surface area (Å²) in [7, 11) is 0. The Morgan fingerprint density at radius 2 is 2.00 bits per heavy atom. The van der Waals surface area contributed by atoms with E-state index >= 15 is 0 Å². The van der Waals surface area contributed by atoms with Gasteiger partial charge in [0.1, 0.15) is 12.2 Å². The van der Waals surface area contributed by atoms with Crippen LogP contribution in [0.15, 0.2) is 35.4 Å². The third-order valence-electron chi connectivity index (χ3n) is 3.46. The number of benzene rings is 1. The molecule has 0 aliphatic heterocycles. The first-order valence-corrected chi connectivity index (χ1v) is 8.98. The normalized spacial score (nSPS) is 15.6. The average molecular weight is 385 g/mol. The highest BCUT2D eigenvalue weighted by Crippen LogP contribution is 2.39. The Kier molecular flexibility index (Phi) is 5.57. The minimum atomic E-state index is -4.64. The molecule has 0 saturated heterocycles. The largest absolute Gasteiger partial charge is 0.474 e. The van der Waals surface area contributed by atoms with E-state index in [-0.39, 0.29) is 12.6 Å². The molecule has 26 heavy (non-hydrogen) atoms. The van der Waals surface area contributed by atoms with Gasteiger partial charge in [0.05, 0.1) is 6.10 Å². The molecule has 2 N–H and O–H groups in total. The minimum Gasteiger partial charge on any atom is -0.474 e. The first-order valence-electron chi connectivity index (χ1n) is 8.10. The van der Waals surface area contributed by atoms with Gasteiger partial charge in [0.25, 0.3) is 0 Å². The van der Waals surface area contributed by atoms with E-state index in [1.165, 1.54) is 19.8 Å². The summed E-state index contributed by atoms with van der Waals surface area (Å²) in [5, 5.41) is 12.8. The van der Waals surface area contributed by atoms with Gasteiger partial charge in [0.15, 0.2) is 0 Å². The average Bonchev–Trinajstić information content (AvgIpc) is 3.38. The highest BCUT2D eigenvalue weighted by molar-refractivity contribution is 8.00. The second-order valence-electron chi connectivity index (χ2n) is 6.04. The van der Waals surface area contributed by atoms with Crippen LogP contribution < -0.4 is 10.1 Å². The molecule has 1 saturated carbocycles. The highest BCUT2D eigenvalue weighted by Gasteiger charge is 2.36. The second-order valence-corrected chi connectivity index (χ2v) is 7.41. The molecule has 1 aromatic heterocycles. The molecule has 9 heteroatoms. The van der Waals surface area contributed by atoms with Crippen LogP contribution in [0.3, 0.4) is 0 Å². The van der Waals surface area contributed by atoms with E-state index < -0.39 is 23.7 Å². The SMILES string of the molecule is CC(O)COc1nc(Nc2ccc(SC3CC3)cc2)ncc1C(F)(F)F.